The zero-order chi connectivity index (χ0) is 14.7. The summed E-state index contributed by atoms with van der Waals surface area (Å²) in [6.45, 7) is 1.42. The van der Waals surface area contributed by atoms with Crippen LogP contribution in [-0.4, -0.2) is 16.7 Å². The van der Waals surface area contributed by atoms with Crippen molar-refractivity contribution in [2.45, 2.75) is 6.92 Å². The Bertz CT molecular complexity index is 661. The Balaban J connectivity index is 2.53. The van der Waals surface area contributed by atoms with Gasteiger partial charge in [0.15, 0.2) is 0 Å². The fourth-order valence-electron chi connectivity index (χ4n) is 1.67. The summed E-state index contributed by atoms with van der Waals surface area (Å²) in [4.78, 5) is 28.1. The molecule has 0 aliphatic carbocycles. The number of pyridine rings is 1. The molecule has 0 saturated heterocycles. The number of anilines is 1. The van der Waals surface area contributed by atoms with Gasteiger partial charge in [0.05, 0.1) is 21.8 Å². The van der Waals surface area contributed by atoms with Gasteiger partial charge in [0.2, 0.25) is 11.7 Å². The van der Waals surface area contributed by atoms with Gasteiger partial charge in [-0.25, -0.2) is 3.93 Å². The van der Waals surface area contributed by atoms with Crippen molar-refractivity contribution in [3.05, 3.63) is 57.4 Å². The first kappa shape index (κ1) is 15.1. The first-order chi connectivity index (χ1) is 9.50. The van der Waals surface area contributed by atoms with Crippen LogP contribution in [0, 0.1) is 3.57 Å². The monoisotopic (exact) mass is 444 g/mol. The van der Waals surface area contributed by atoms with E-state index in [4.69, 9.17) is 0 Å². The first-order valence-electron chi connectivity index (χ1n) is 5.72. The molecular weight excluding hydrogens is 435 g/mol. The molecule has 1 aromatic carbocycles. The SMILES string of the molecule is CC(=O)N(Br)c1ccc(I)cc1C(=O)c1ccccn1. The van der Waals surface area contributed by atoms with Crippen LogP contribution >= 0.6 is 38.7 Å². The number of aromatic nitrogens is 1. The van der Waals surface area contributed by atoms with E-state index in [2.05, 4.69) is 43.7 Å². The Morgan fingerprint density at radius 3 is 2.60 bits per heavy atom. The Morgan fingerprint density at radius 1 is 1.25 bits per heavy atom. The summed E-state index contributed by atoms with van der Waals surface area (Å²) in [5.41, 5.74) is 1.29. The molecule has 0 bridgehead atoms. The lowest BCUT2D eigenvalue weighted by Crippen LogP contribution is -2.19. The lowest BCUT2D eigenvalue weighted by atomic mass is 10.1. The molecule has 0 radical (unpaired) electrons. The van der Waals surface area contributed by atoms with E-state index in [9.17, 15) is 9.59 Å². The van der Waals surface area contributed by atoms with Crippen molar-refractivity contribution in [1.29, 1.82) is 0 Å². The maximum Gasteiger partial charge on any atom is 0.234 e. The number of hydrogen-bond donors (Lipinski definition) is 0. The zero-order valence-corrected chi connectivity index (χ0v) is 14.3. The highest BCUT2D eigenvalue weighted by atomic mass is 127. The number of hydrogen-bond acceptors (Lipinski definition) is 3. The summed E-state index contributed by atoms with van der Waals surface area (Å²) < 4.78 is 2.19. The molecule has 1 heterocycles. The number of benzene rings is 1. The van der Waals surface area contributed by atoms with E-state index in [1.165, 1.54) is 10.8 Å². The highest BCUT2D eigenvalue weighted by Crippen LogP contribution is 2.27. The number of rotatable bonds is 3. The average molecular weight is 445 g/mol. The Hall–Kier alpha value is -1.28. The molecule has 0 N–H and O–H groups in total. The van der Waals surface area contributed by atoms with Gasteiger partial charge >= 0.3 is 0 Å². The summed E-state index contributed by atoms with van der Waals surface area (Å²) in [5, 5.41) is 0. The third-order valence-corrected chi connectivity index (χ3v) is 4.14. The fourth-order valence-corrected chi connectivity index (χ4v) is 2.47. The third kappa shape index (κ3) is 3.24. The first-order valence-corrected chi connectivity index (χ1v) is 7.51. The number of nitrogens with zero attached hydrogens (tertiary/aromatic N) is 2. The van der Waals surface area contributed by atoms with Gasteiger partial charge in [-0.1, -0.05) is 6.07 Å². The summed E-state index contributed by atoms with van der Waals surface area (Å²) in [5.74, 6) is -0.425. The fraction of sp³-hybridized carbons (Fsp3) is 0.0714. The predicted molar refractivity (Wildman–Crippen MR) is 88.9 cm³/mol. The molecule has 1 amide bonds. The molecule has 0 unspecified atom stereocenters. The van der Waals surface area contributed by atoms with E-state index in [0.29, 0.717) is 16.9 Å². The average Bonchev–Trinajstić information content (AvgIpc) is 2.46. The predicted octanol–water partition coefficient (Wildman–Crippen LogP) is 3.58. The van der Waals surface area contributed by atoms with E-state index in [-0.39, 0.29) is 11.7 Å². The number of carbonyl (C=O) groups excluding carboxylic acids is 2. The van der Waals surface area contributed by atoms with Crippen LogP contribution in [0.15, 0.2) is 42.6 Å². The second-order valence-corrected chi connectivity index (χ2v) is 5.96. The van der Waals surface area contributed by atoms with Crippen LogP contribution in [0.5, 0.6) is 0 Å². The van der Waals surface area contributed by atoms with Gasteiger partial charge < -0.3 is 0 Å². The molecule has 0 fully saturated rings. The normalized spacial score (nSPS) is 10.2. The highest BCUT2D eigenvalue weighted by molar-refractivity contribution is 14.1. The van der Waals surface area contributed by atoms with Crippen molar-refractivity contribution in [3.63, 3.8) is 0 Å². The highest BCUT2D eigenvalue weighted by Gasteiger charge is 2.20. The number of halogens is 2. The van der Waals surface area contributed by atoms with E-state index < -0.39 is 0 Å². The minimum absolute atomic E-state index is 0.207. The molecule has 1 aromatic heterocycles. The molecule has 0 aliphatic heterocycles. The summed E-state index contributed by atoms with van der Waals surface area (Å²) in [6.07, 6.45) is 1.57. The zero-order valence-electron chi connectivity index (χ0n) is 10.5. The van der Waals surface area contributed by atoms with Crippen LogP contribution in [0.4, 0.5) is 5.69 Å². The molecule has 0 spiro atoms. The summed E-state index contributed by atoms with van der Waals surface area (Å²) in [6, 6.07) is 10.5. The molecule has 0 aliphatic rings. The van der Waals surface area contributed by atoms with Crippen LogP contribution in [0.1, 0.15) is 23.0 Å². The molecule has 2 aromatic rings. The smallest absolute Gasteiger partial charge is 0.234 e. The quantitative estimate of drug-likeness (QED) is 0.413. The van der Waals surface area contributed by atoms with Crippen molar-refractivity contribution in [1.82, 2.24) is 4.98 Å². The van der Waals surface area contributed by atoms with Crippen LogP contribution < -0.4 is 3.93 Å². The van der Waals surface area contributed by atoms with Crippen LogP contribution in [0.25, 0.3) is 0 Å². The van der Waals surface area contributed by atoms with Crippen LogP contribution in [-0.2, 0) is 4.79 Å². The maximum absolute atomic E-state index is 12.5. The lowest BCUT2D eigenvalue weighted by molar-refractivity contribution is -0.115. The van der Waals surface area contributed by atoms with Crippen LogP contribution in [0.3, 0.4) is 0 Å². The molecule has 102 valence electrons. The molecule has 6 heteroatoms. The second-order valence-electron chi connectivity index (χ2n) is 4.01. The van der Waals surface area contributed by atoms with Gasteiger partial charge in [0, 0.05) is 22.3 Å². The van der Waals surface area contributed by atoms with Gasteiger partial charge in [0.1, 0.15) is 5.69 Å². The molecule has 0 saturated carbocycles. The Morgan fingerprint density at radius 2 is 2.00 bits per heavy atom. The summed E-state index contributed by atoms with van der Waals surface area (Å²) in [7, 11) is 0. The molecule has 0 atom stereocenters. The molecule has 20 heavy (non-hydrogen) atoms. The van der Waals surface area contributed by atoms with E-state index in [0.717, 1.165) is 3.57 Å². The van der Waals surface area contributed by atoms with Crippen LogP contribution in [0.2, 0.25) is 0 Å². The topological polar surface area (TPSA) is 50.3 Å². The van der Waals surface area contributed by atoms with Crippen molar-refractivity contribution in [2.75, 3.05) is 3.93 Å². The number of carbonyl (C=O) groups is 2. The number of ketones is 1. The van der Waals surface area contributed by atoms with Gasteiger partial charge in [0.25, 0.3) is 0 Å². The molecule has 2 rings (SSSR count). The van der Waals surface area contributed by atoms with Gasteiger partial charge in [-0.05, 0) is 52.9 Å². The van der Waals surface area contributed by atoms with Crippen molar-refractivity contribution in [2.24, 2.45) is 0 Å². The Labute approximate surface area is 138 Å². The maximum atomic E-state index is 12.5. The van der Waals surface area contributed by atoms with E-state index in [1.54, 1.807) is 36.5 Å². The Kier molecular flexibility index (Phi) is 4.87. The molecule has 4 nitrogen and oxygen atoms in total. The van der Waals surface area contributed by atoms with Gasteiger partial charge in [-0.3, -0.25) is 14.6 Å². The van der Waals surface area contributed by atoms with Gasteiger partial charge in [-0.15, -0.1) is 0 Å². The minimum Gasteiger partial charge on any atom is -0.287 e. The van der Waals surface area contributed by atoms with Crippen molar-refractivity contribution < 1.29 is 9.59 Å². The third-order valence-electron chi connectivity index (χ3n) is 2.59. The summed E-state index contributed by atoms with van der Waals surface area (Å²) >= 11 is 5.30. The van der Waals surface area contributed by atoms with Crippen molar-refractivity contribution >= 4 is 56.1 Å². The number of amides is 1. The standard InChI is InChI=1S/C14H10BrIN2O2/c1-9(19)18(15)13-6-5-10(16)8-11(13)14(20)12-4-2-3-7-17-12/h2-8H,1H3. The minimum atomic E-state index is -0.218. The van der Waals surface area contributed by atoms with Crippen molar-refractivity contribution in [3.8, 4) is 0 Å². The largest absolute Gasteiger partial charge is 0.287 e. The second kappa shape index (κ2) is 6.45. The molecular formula is C14H10BrIN2O2. The van der Waals surface area contributed by atoms with E-state index >= 15 is 0 Å². The van der Waals surface area contributed by atoms with E-state index in [1.807, 2.05) is 6.07 Å². The van der Waals surface area contributed by atoms with Gasteiger partial charge in [-0.2, -0.15) is 0 Å². The lowest BCUT2D eigenvalue weighted by Gasteiger charge is -2.16.